The van der Waals surface area contributed by atoms with Gasteiger partial charge in [0, 0.05) is 6.04 Å². The van der Waals surface area contributed by atoms with Gasteiger partial charge in [-0.15, -0.1) is 11.3 Å². The Labute approximate surface area is 124 Å². The van der Waals surface area contributed by atoms with Gasteiger partial charge in [0.15, 0.2) is 0 Å². The lowest BCUT2D eigenvalue weighted by molar-refractivity contribution is 0.464. The van der Waals surface area contributed by atoms with Gasteiger partial charge < -0.3 is 5.73 Å². The van der Waals surface area contributed by atoms with Crippen LogP contribution in [0.2, 0.25) is 0 Å². The lowest BCUT2D eigenvalue weighted by Gasteiger charge is -2.06. The molecule has 0 bridgehead atoms. The topological polar surface area (TPSA) is 42.1 Å². The van der Waals surface area contributed by atoms with Crippen LogP contribution in [0.1, 0.15) is 24.2 Å². The molecule has 0 aliphatic carbocycles. The van der Waals surface area contributed by atoms with Gasteiger partial charge in [0.25, 0.3) is 0 Å². The molecule has 0 saturated carbocycles. The summed E-state index contributed by atoms with van der Waals surface area (Å²) in [6, 6.07) is 8.37. The van der Waals surface area contributed by atoms with Crippen molar-refractivity contribution in [2.24, 2.45) is 5.73 Å². The van der Waals surface area contributed by atoms with E-state index in [-0.39, 0.29) is 6.04 Å². The van der Waals surface area contributed by atoms with Crippen molar-refractivity contribution in [1.29, 1.82) is 0 Å². The molecule has 2 aromatic rings. The molecule has 3 nitrogen and oxygen atoms in total. The molecule has 104 valence electrons. The molecule has 4 heteroatoms. The first-order valence-electron chi connectivity index (χ1n) is 6.51. The van der Waals surface area contributed by atoms with Crippen molar-refractivity contribution in [2.45, 2.75) is 13.0 Å². The van der Waals surface area contributed by atoms with E-state index in [0.29, 0.717) is 0 Å². The van der Waals surface area contributed by atoms with E-state index < -0.39 is 0 Å². The molecule has 0 spiro atoms. The van der Waals surface area contributed by atoms with E-state index in [1.165, 1.54) is 0 Å². The number of benzene rings is 1. The molecule has 0 fully saturated rings. The maximum Gasteiger partial charge on any atom is 0.132 e. The van der Waals surface area contributed by atoms with E-state index in [9.17, 15) is 0 Å². The summed E-state index contributed by atoms with van der Waals surface area (Å²) >= 11 is 1.62. The Morgan fingerprint density at radius 3 is 2.60 bits per heavy atom. The van der Waals surface area contributed by atoms with Gasteiger partial charge in [-0.05, 0) is 38.1 Å². The number of rotatable bonds is 3. The van der Waals surface area contributed by atoms with Crippen LogP contribution in [-0.4, -0.2) is 30.5 Å². The largest absolute Gasteiger partial charge is 0.324 e. The predicted octanol–water partition coefficient (Wildman–Crippen LogP) is 2.74. The Bertz CT molecular complexity index is 615. The lowest BCUT2D eigenvalue weighted by atomic mass is 10.1. The summed E-state index contributed by atoms with van der Waals surface area (Å²) in [6.45, 7) is 2.72. The summed E-state index contributed by atoms with van der Waals surface area (Å²) in [4.78, 5) is 7.50. The van der Waals surface area contributed by atoms with Crippen molar-refractivity contribution >= 4 is 11.3 Å². The highest BCUT2D eigenvalue weighted by Crippen LogP contribution is 2.28. The first-order chi connectivity index (χ1) is 9.58. The average molecular weight is 285 g/mol. The Hall–Kier alpha value is -1.67. The van der Waals surface area contributed by atoms with Gasteiger partial charge in [0.05, 0.1) is 16.9 Å². The van der Waals surface area contributed by atoms with Crippen LogP contribution >= 0.6 is 11.3 Å². The van der Waals surface area contributed by atoms with Crippen LogP contribution in [-0.2, 0) is 0 Å². The van der Waals surface area contributed by atoms with E-state index in [0.717, 1.165) is 28.2 Å². The Kier molecular flexibility index (Phi) is 4.91. The highest BCUT2D eigenvalue weighted by Gasteiger charge is 2.07. The van der Waals surface area contributed by atoms with Crippen LogP contribution in [0.15, 0.2) is 29.8 Å². The minimum atomic E-state index is 0.0601. The summed E-state index contributed by atoms with van der Waals surface area (Å²) in [5, 5.41) is 0. The van der Waals surface area contributed by atoms with Crippen LogP contribution in [0.25, 0.3) is 10.4 Å². The molecule has 1 aromatic heterocycles. The van der Waals surface area contributed by atoms with Crippen molar-refractivity contribution in [2.75, 3.05) is 20.6 Å². The quantitative estimate of drug-likeness (QED) is 0.882. The summed E-state index contributed by atoms with van der Waals surface area (Å²) in [5.74, 6) is 6.27. The Morgan fingerprint density at radius 2 is 2.00 bits per heavy atom. The fraction of sp³-hybridized carbons (Fsp3) is 0.312. The number of aromatic nitrogens is 1. The number of nitrogens with zero attached hydrogens (tertiary/aromatic N) is 2. The van der Waals surface area contributed by atoms with Crippen LogP contribution in [0.5, 0.6) is 0 Å². The molecule has 2 N–H and O–H groups in total. The molecule has 0 amide bonds. The van der Waals surface area contributed by atoms with Gasteiger partial charge in [0.1, 0.15) is 5.69 Å². The standard InChI is InChI=1S/C16H19N3S/c1-12(17)13-6-8-14(9-7-13)16-15(18-11-20-16)5-4-10-19(2)3/h6-9,11-12H,10,17H2,1-3H3. The maximum absolute atomic E-state index is 5.87. The summed E-state index contributed by atoms with van der Waals surface area (Å²) < 4.78 is 0. The third-order valence-electron chi connectivity index (χ3n) is 2.87. The first kappa shape index (κ1) is 14.7. The smallest absolute Gasteiger partial charge is 0.132 e. The summed E-state index contributed by atoms with van der Waals surface area (Å²) in [6.07, 6.45) is 0. The fourth-order valence-electron chi connectivity index (χ4n) is 1.76. The monoisotopic (exact) mass is 285 g/mol. The van der Waals surface area contributed by atoms with Gasteiger partial charge in [-0.2, -0.15) is 0 Å². The summed E-state index contributed by atoms with van der Waals surface area (Å²) in [5.41, 5.74) is 10.8. The van der Waals surface area contributed by atoms with Gasteiger partial charge in [0.2, 0.25) is 0 Å². The second kappa shape index (κ2) is 6.67. The predicted molar refractivity (Wildman–Crippen MR) is 85.6 cm³/mol. The highest BCUT2D eigenvalue weighted by atomic mass is 32.1. The van der Waals surface area contributed by atoms with Gasteiger partial charge in [-0.3, -0.25) is 4.90 Å². The van der Waals surface area contributed by atoms with Crippen molar-refractivity contribution in [3.8, 4) is 22.3 Å². The second-order valence-electron chi connectivity index (χ2n) is 4.98. The van der Waals surface area contributed by atoms with Crippen LogP contribution in [0.3, 0.4) is 0 Å². The van der Waals surface area contributed by atoms with Crippen molar-refractivity contribution < 1.29 is 0 Å². The Morgan fingerprint density at radius 1 is 1.30 bits per heavy atom. The molecule has 0 saturated heterocycles. The van der Waals surface area contributed by atoms with Crippen molar-refractivity contribution in [3.05, 3.63) is 41.0 Å². The second-order valence-corrected chi connectivity index (χ2v) is 5.84. The molecule has 1 atom stereocenters. The van der Waals surface area contributed by atoms with E-state index in [1.807, 2.05) is 31.4 Å². The molecule has 1 aromatic carbocycles. The Balaban J connectivity index is 2.24. The first-order valence-corrected chi connectivity index (χ1v) is 7.39. The zero-order chi connectivity index (χ0) is 14.5. The minimum absolute atomic E-state index is 0.0601. The van der Waals surface area contributed by atoms with Crippen LogP contribution in [0, 0.1) is 11.8 Å². The minimum Gasteiger partial charge on any atom is -0.324 e. The number of hydrogen-bond donors (Lipinski definition) is 1. The molecule has 0 aliphatic heterocycles. The van der Waals surface area contributed by atoms with Crippen LogP contribution < -0.4 is 5.73 Å². The molecular weight excluding hydrogens is 266 g/mol. The molecule has 1 unspecified atom stereocenters. The number of thiazole rings is 1. The van der Waals surface area contributed by atoms with Gasteiger partial charge in [-0.1, -0.05) is 30.2 Å². The molecule has 1 heterocycles. The van der Waals surface area contributed by atoms with Gasteiger partial charge >= 0.3 is 0 Å². The molecule has 2 rings (SSSR count). The lowest BCUT2D eigenvalue weighted by Crippen LogP contribution is -2.10. The van der Waals surface area contributed by atoms with Crippen molar-refractivity contribution in [1.82, 2.24) is 9.88 Å². The summed E-state index contributed by atoms with van der Waals surface area (Å²) in [7, 11) is 4.01. The number of hydrogen-bond acceptors (Lipinski definition) is 4. The SMILES string of the molecule is CC(N)c1ccc(-c2scnc2C#CCN(C)C)cc1. The zero-order valence-electron chi connectivity index (χ0n) is 12.1. The zero-order valence-corrected chi connectivity index (χ0v) is 12.9. The third-order valence-corrected chi connectivity index (χ3v) is 3.74. The van der Waals surface area contributed by atoms with E-state index >= 15 is 0 Å². The van der Waals surface area contributed by atoms with E-state index in [1.54, 1.807) is 11.3 Å². The fourth-order valence-corrected chi connectivity index (χ4v) is 2.51. The highest BCUT2D eigenvalue weighted by molar-refractivity contribution is 7.13. The van der Waals surface area contributed by atoms with E-state index in [4.69, 9.17) is 5.73 Å². The maximum atomic E-state index is 5.87. The normalized spacial score (nSPS) is 12.1. The molecular formula is C16H19N3S. The third kappa shape index (κ3) is 3.67. The molecule has 0 aliphatic rings. The average Bonchev–Trinajstić information content (AvgIpc) is 2.87. The van der Waals surface area contributed by atoms with Gasteiger partial charge in [-0.25, -0.2) is 4.98 Å². The number of nitrogens with two attached hydrogens (primary N) is 1. The van der Waals surface area contributed by atoms with Crippen LogP contribution in [0.4, 0.5) is 0 Å². The van der Waals surface area contributed by atoms with Crippen molar-refractivity contribution in [3.63, 3.8) is 0 Å². The molecule has 20 heavy (non-hydrogen) atoms. The molecule has 0 radical (unpaired) electrons. The van der Waals surface area contributed by atoms with E-state index in [2.05, 4.69) is 41.1 Å².